The predicted octanol–water partition coefficient (Wildman–Crippen LogP) is 0.563. The molecule has 0 unspecified atom stereocenters. The number of nitrogens with one attached hydrogen (secondary N) is 2. The average molecular weight is 343 g/mol. The maximum atomic E-state index is 12.7. The zero-order chi connectivity index (χ0) is 17.6. The summed E-state index contributed by atoms with van der Waals surface area (Å²) in [4.78, 5) is 39.9. The topological polar surface area (TPSA) is 117 Å². The lowest BCUT2D eigenvalue weighted by atomic mass is 9.96. The fraction of sp³-hybridized carbons (Fsp3) is 0.375. The van der Waals surface area contributed by atoms with Gasteiger partial charge < -0.3 is 14.3 Å². The van der Waals surface area contributed by atoms with Gasteiger partial charge in [0.1, 0.15) is 0 Å². The minimum absolute atomic E-state index is 0.0379. The SMILES string of the molecule is Cn1c(=O)[nH]c2cc(C(=O)N3CCC(c4n[nH]c(=O)o4)CC3)ccc21. The Kier molecular flexibility index (Phi) is 3.56. The van der Waals surface area contributed by atoms with Crippen molar-refractivity contribution in [1.82, 2.24) is 24.6 Å². The number of aromatic nitrogens is 4. The normalized spacial score (nSPS) is 15.8. The summed E-state index contributed by atoms with van der Waals surface area (Å²) < 4.78 is 6.51. The van der Waals surface area contributed by atoms with E-state index in [1.54, 1.807) is 30.1 Å². The number of amides is 1. The summed E-state index contributed by atoms with van der Waals surface area (Å²) in [6, 6.07) is 5.21. The van der Waals surface area contributed by atoms with Crippen LogP contribution < -0.4 is 11.4 Å². The Morgan fingerprint density at radius 1 is 1.28 bits per heavy atom. The summed E-state index contributed by atoms with van der Waals surface area (Å²) in [5.74, 6) is -0.191. The quantitative estimate of drug-likeness (QED) is 0.705. The molecule has 0 saturated carbocycles. The number of hydrogen-bond donors (Lipinski definition) is 2. The molecule has 1 saturated heterocycles. The van der Waals surface area contributed by atoms with E-state index < -0.39 is 5.76 Å². The second-order valence-corrected chi connectivity index (χ2v) is 6.24. The van der Waals surface area contributed by atoms with Crippen molar-refractivity contribution in [3.05, 3.63) is 50.7 Å². The number of nitrogens with zero attached hydrogens (tertiary/aromatic N) is 3. The molecule has 0 radical (unpaired) electrons. The highest BCUT2D eigenvalue weighted by Gasteiger charge is 2.27. The first-order valence-corrected chi connectivity index (χ1v) is 8.06. The van der Waals surface area contributed by atoms with Crippen molar-refractivity contribution in [2.75, 3.05) is 13.1 Å². The third-order valence-electron chi connectivity index (χ3n) is 4.74. The summed E-state index contributed by atoms with van der Waals surface area (Å²) >= 11 is 0. The molecule has 9 nitrogen and oxygen atoms in total. The van der Waals surface area contributed by atoms with E-state index in [-0.39, 0.29) is 17.5 Å². The lowest BCUT2D eigenvalue weighted by molar-refractivity contribution is 0.0706. The molecule has 4 rings (SSSR count). The smallest absolute Gasteiger partial charge is 0.392 e. The number of fused-ring (bicyclic) bond motifs is 1. The molecule has 9 heteroatoms. The van der Waals surface area contributed by atoms with Gasteiger partial charge in [-0.3, -0.25) is 9.36 Å². The number of hydrogen-bond acceptors (Lipinski definition) is 5. The first-order valence-electron chi connectivity index (χ1n) is 8.06. The molecule has 3 heterocycles. The van der Waals surface area contributed by atoms with Gasteiger partial charge in [0.05, 0.1) is 11.0 Å². The number of likely N-dealkylation sites (tertiary alicyclic amines) is 1. The molecule has 0 spiro atoms. The minimum Gasteiger partial charge on any atom is -0.392 e. The molecule has 0 aliphatic carbocycles. The van der Waals surface area contributed by atoms with E-state index in [0.717, 1.165) is 5.52 Å². The molecule has 1 aromatic carbocycles. The highest BCUT2D eigenvalue weighted by atomic mass is 16.4. The van der Waals surface area contributed by atoms with Gasteiger partial charge in [-0.2, -0.15) is 0 Å². The molecule has 0 bridgehead atoms. The van der Waals surface area contributed by atoms with E-state index in [2.05, 4.69) is 15.2 Å². The molecular weight excluding hydrogens is 326 g/mol. The number of piperidine rings is 1. The number of imidazole rings is 1. The van der Waals surface area contributed by atoms with Gasteiger partial charge in [-0.1, -0.05) is 0 Å². The van der Waals surface area contributed by atoms with Crippen LogP contribution in [0.4, 0.5) is 0 Å². The fourth-order valence-electron chi connectivity index (χ4n) is 3.30. The number of aromatic amines is 2. The molecule has 130 valence electrons. The van der Waals surface area contributed by atoms with Gasteiger partial charge in [0.15, 0.2) is 0 Å². The summed E-state index contributed by atoms with van der Waals surface area (Å²) in [6.45, 7) is 1.12. The molecule has 3 aromatic rings. The van der Waals surface area contributed by atoms with E-state index in [0.29, 0.717) is 42.9 Å². The molecule has 0 atom stereocenters. The van der Waals surface area contributed by atoms with Crippen molar-refractivity contribution in [3.63, 3.8) is 0 Å². The van der Waals surface area contributed by atoms with Gasteiger partial charge in [0, 0.05) is 31.6 Å². The third-order valence-corrected chi connectivity index (χ3v) is 4.74. The Bertz CT molecular complexity index is 1050. The summed E-state index contributed by atoms with van der Waals surface area (Å²) in [6.07, 6.45) is 1.37. The van der Waals surface area contributed by atoms with Gasteiger partial charge in [0.2, 0.25) is 5.89 Å². The van der Waals surface area contributed by atoms with E-state index in [9.17, 15) is 14.4 Å². The van der Waals surface area contributed by atoms with Crippen LogP contribution in [0.15, 0.2) is 32.2 Å². The molecular formula is C16H17N5O4. The summed E-state index contributed by atoms with van der Waals surface area (Å²) in [7, 11) is 1.68. The second kappa shape index (κ2) is 5.76. The monoisotopic (exact) mass is 343 g/mol. The number of H-pyrrole nitrogens is 2. The first kappa shape index (κ1) is 15.4. The standard InChI is InChI=1S/C16H17N5O4/c1-20-12-3-2-10(8-11(12)17-15(20)23)14(22)21-6-4-9(5-7-21)13-18-19-16(24)25-13/h2-3,8-9H,4-7H2,1H3,(H,17,23)(H,19,24). The van der Waals surface area contributed by atoms with Crippen LogP contribution in [0, 0.1) is 0 Å². The number of carbonyl (C=O) groups is 1. The minimum atomic E-state index is -0.557. The molecule has 1 aliphatic heterocycles. The predicted molar refractivity (Wildman–Crippen MR) is 88.5 cm³/mol. The van der Waals surface area contributed by atoms with Crippen molar-refractivity contribution in [3.8, 4) is 0 Å². The Labute approximate surface area is 141 Å². The van der Waals surface area contributed by atoms with Crippen LogP contribution >= 0.6 is 0 Å². The molecule has 2 N–H and O–H groups in total. The van der Waals surface area contributed by atoms with Crippen LogP contribution in [0.3, 0.4) is 0 Å². The molecule has 25 heavy (non-hydrogen) atoms. The molecule has 1 fully saturated rings. The molecule has 2 aromatic heterocycles. The van der Waals surface area contributed by atoms with Crippen LogP contribution in [0.1, 0.15) is 35.0 Å². The van der Waals surface area contributed by atoms with Crippen molar-refractivity contribution < 1.29 is 9.21 Å². The number of aryl methyl sites for hydroxylation is 1. The van der Waals surface area contributed by atoms with Gasteiger partial charge >= 0.3 is 11.4 Å². The van der Waals surface area contributed by atoms with Gasteiger partial charge in [-0.05, 0) is 31.0 Å². The van der Waals surface area contributed by atoms with Crippen molar-refractivity contribution in [2.45, 2.75) is 18.8 Å². The maximum Gasteiger partial charge on any atom is 0.434 e. The molecule has 1 aliphatic rings. The van der Waals surface area contributed by atoms with E-state index in [1.807, 2.05) is 0 Å². The number of benzene rings is 1. The largest absolute Gasteiger partial charge is 0.434 e. The van der Waals surface area contributed by atoms with Crippen LogP contribution in [-0.4, -0.2) is 43.6 Å². The zero-order valence-electron chi connectivity index (χ0n) is 13.6. The van der Waals surface area contributed by atoms with Crippen molar-refractivity contribution >= 4 is 16.9 Å². The van der Waals surface area contributed by atoms with Gasteiger partial charge in [0.25, 0.3) is 5.91 Å². The van der Waals surface area contributed by atoms with Crippen LogP contribution in [-0.2, 0) is 7.05 Å². The fourth-order valence-corrected chi connectivity index (χ4v) is 3.30. The number of carbonyl (C=O) groups excluding carboxylic acids is 1. The van der Waals surface area contributed by atoms with E-state index in [1.165, 1.54) is 4.57 Å². The Morgan fingerprint density at radius 3 is 2.72 bits per heavy atom. The first-order chi connectivity index (χ1) is 12.0. The molecule has 1 amide bonds. The zero-order valence-corrected chi connectivity index (χ0v) is 13.6. The Balaban J connectivity index is 1.50. The Morgan fingerprint density at radius 2 is 2.04 bits per heavy atom. The Hall–Kier alpha value is -3.10. The van der Waals surface area contributed by atoms with Gasteiger partial charge in [-0.25, -0.2) is 14.7 Å². The van der Waals surface area contributed by atoms with Gasteiger partial charge in [-0.15, -0.1) is 5.10 Å². The highest BCUT2D eigenvalue weighted by Crippen LogP contribution is 2.26. The highest BCUT2D eigenvalue weighted by molar-refractivity contribution is 5.97. The summed E-state index contributed by atoms with van der Waals surface area (Å²) in [5.41, 5.74) is 1.74. The van der Waals surface area contributed by atoms with Crippen molar-refractivity contribution in [1.29, 1.82) is 0 Å². The van der Waals surface area contributed by atoms with Crippen molar-refractivity contribution in [2.24, 2.45) is 7.05 Å². The van der Waals surface area contributed by atoms with E-state index >= 15 is 0 Å². The van der Waals surface area contributed by atoms with Crippen LogP contribution in [0.5, 0.6) is 0 Å². The van der Waals surface area contributed by atoms with E-state index in [4.69, 9.17) is 4.42 Å². The number of rotatable bonds is 2. The van der Waals surface area contributed by atoms with Crippen LogP contribution in [0.2, 0.25) is 0 Å². The second-order valence-electron chi connectivity index (χ2n) is 6.24. The lowest BCUT2D eigenvalue weighted by Crippen LogP contribution is -2.38. The maximum absolute atomic E-state index is 12.7. The summed E-state index contributed by atoms with van der Waals surface area (Å²) in [5, 5.41) is 6.13. The lowest BCUT2D eigenvalue weighted by Gasteiger charge is -2.30. The third kappa shape index (κ3) is 2.67. The van der Waals surface area contributed by atoms with Crippen LogP contribution in [0.25, 0.3) is 11.0 Å². The average Bonchev–Trinajstić information content (AvgIpc) is 3.18.